The first kappa shape index (κ1) is 25.6. The topological polar surface area (TPSA) is 81.8 Å². The highest BCUT2D eigenvalue weighted by molar-refractivity contribution is 7.92. The SMILES string of the molecule is CC(NC(=O)c1ccc(N2CCN(C)CC2)c(NS(=O)(=O)c2ccc(F)cc2)c1)c1ccc(F)cc1. The number of halogens is 2. The summed E-state index contributed by atoms with van der Waals surface area (Å²) < 4.78 is 55.3. The summed E-state index contributed by atoms with van der Waals surface area (Å²) in [6.07, 6.45) is 0. The van der Waals surface area contributed by atoms with Gasteiger partial charge in [0.05, 0.1) is 22.3 Å². The smallest absolute Gasteiger partial charge is 0.261 e. The lowest BCUT2D eigenvalue weighted by Crippen LogP contribution is -2.44. The number of nitrogens with one attached hydrogen (secondary N) is 2. The van der Waals surface area contributed by atoms with E-state index < -0.39 is 27.8 Å². The molecule has 1 heterocycles. The number of rotatable bonds is 7. The van der Waals surface area contributed by atoms with Gasteiger partial charge in [-0.25, -0.2) is 17.2 Å². The van der Waals surface area contributed by atoms with Crippen LogP contribution in [0.2, 0.25) is 0 Å². The Hall–Kier alpha value is -3.50. The normalized spacial score (nSPS) is 15.4. The van der Waals surface area contributed by atoms with Crippen molar-refractivity contribution in [1.82, 2.24) is 10.2 Å². The molecular formula is C26H28F2N4O3S. The lowest BCUT2D eigenvalue weighted by atomic mass is 10.1. The van der Waals surface area contributed by atoms with Crippen molar-refractivity contribution in [2.45, 2.75) is 17.9 Å². The van der Waals surface area contributed by atoms with E-state index in [1.54, 1.807) is 31.2 Å². The van der Waals surface area contributed by atoms with E-state index in [9.17, 15) is 22.0 Å². The molecule has 1 saturated heterocycles. The van der Waals surface area contributed by atoms with Crippen molar-refractivity contribution in [1.29, 1.82) is 0 Å². The molecule has 4 rings (SSSR count). The molecule has 3 aromatic rings. The number of likely N-dealkylation sites (N-methyl/N-ethyl adjacent to an activating group) is 1. The first-order chi connectivity index (χ1) is 17.1. The zero-order valence-corrected chi connectivity index (χ0v) is 20.9. The largest absolute Gasteiger partial charge is 0.367 e. The first-order valence-corrected chi connectivity index (χ1v) is 13.0. The molecule has 0 bridgehead atoms. The molecule has 1 aliphatic heterocycles. The molecule has 0 radical (unpaired) electrons. The fourth-order valence-electron chi connectivity index (χ4n) is 4.01. The van der Waals surface area contributed by atoms with Gasteiger partial charge in [-0.3, -0.25) is 9.52 Å². The van der Waals surface area contributed by atoms with E-state index in [1.165, 1.54) is 30.3 Å². The van der Waals surface area contributed by atoms with Gasteiger partial charge in [-0.15, -0.1) is 0 Å². The number of amides is 1. The third kappa shape index (κ3) is 6.00. The van der Waals surface area contributed by atoms with Crippen LogP contribution >= 0.6 is 0 Å². The summed E-state index contributed by atoms with van der Waals surface area (Å²) in [5, 5.41) is 2.86. The second-order valence-electron chi connectivity index (χ2n) is 8.83. The Labute approximate surface area is 209 Å². The van der Waals surface area contributed by atoms with Gasteiger partial charge in [-0.2, -0.15) is 0 Å². The molecule has 0 aromatic heterocycles. The molecule has 0 saturated carbocycles. The molecule has 10 heteroatoms. The molecule has 190 valence electrons. The number of hydrogen-bond donors (Lipinski definition) is 2. The molecule has 1 amide bonds. The standard InChI is InChI=1S/C26H28F2N4O3S/c1-18(19-3-6-21(27)7-4-19)29-26(33)20-5-12-25(32-15-13-31(2)14-16-32)24(17-20)30-36(34,35)23-10-8-22(28)9-11-23/h3-12,17-18,30H,13-16H2,1-2H3,(H,29,33). The predicted octanol–water partition coefficient (Wildman–Crippen LogP) is 4.01. The highest BCUT2D eigenvalue weighted by Gasteiger charge is 2.23. The van der Waals surface area contributed by atoms with E-state index >= 15 is 0 Å². The number of carbonyl (C=O) groups is 1. The average Bonchev–Trinajstić information content (AvgIpc) is 2.85. The minimum absolute atomic E-state index is 0.0898. The van der Waals surface area contributed by atoms with E-state index in [1.807, 2.05) is 7.05 Å². The lowest BCUT2D eigenvalue weighted by molar-refractivity contribution is 0.0940. The number of sulfonamides is 1. The van der Waals surface area contributed by atoms with Crippen LogP contribution in [0.1, 0.15) is 28.9 Å². The molecule has 36 heavy (non-hydrogen) atoms. The van der Waals surface area contributed by atoms with Gasteiger partial charge in [-0.05, 0) is 74.1 Å². The van der Waals surface area contributed by atoms with Crippen LogP contribution in [0.15, 0.2) is 71.6 Å². The Morgan fingerprint density at radius 1 is 0.889 bits per heavy atom. The van der Waals surface area contributed by atoms with Crippen LogP contribution in [-0.2, 0) is 10.0 Å². The second-order valence-corrected chi connectivity index (χ2v) is 10.5. The third-order valence-electron chi connectivity index (χ3n) is 6.19. The van der Waals surface area contributed by atoms with Crippen LogP contribution in [0.4, 0.5) is 20.2 Å². The summed E-state index contributed by atoms with van der Waals surface area (Å²) in [5.41, 5.74) is 1.90. The highest BCUT2D eigenvalue weighted by Crippen LogP contribution is 2.31. The van der Waals surface area contributed by atoms with Gasteiger partial charge in [0.1, 0.15) is 11.6 Å². The van der Waals surface area contributed by atoms with Crippen LogP contribution < -0.4 is 14.9 Å². The minimum Gasteiger partial charge on any atom is -0.367 e. The summed E-state index contributed by atoms with van der Waals surface area (Å²) in [4.78, 5) is 17.2. The Morgan fingerprint density at radius 3 is 2.08 bits per heavy atom. The fraction of sp³-hybridized carbons (Fsp3) is 0.269. The van der Waals surface area contributed by atoms with Crippen molar-refractivity contribution in [2.75, 3.05) is 42.8 Å². The number of piperazine rings is 1. The number of carbonyl (C=O) groups excluding carboxylic acids is 1. The predicted molar refractivity (Wildman–Crippen MR) is 136 cm³/mol. The van der Waals surface area contributed by atoms with Gasteiger partial charge in [0.25, 0.3) is 15.9 Å². The Kier molecular flexibility index (Phi) is 7.56. The lowest BCUT2D eigenvalue weighted by Gasteiger charge is -2.35. The summed E-state index contributed by atoms with van der Waals surface area (Å²) >= 11 is 0. The summed E-state index contributed by atoms with van der Waals surface area (Å²) in [6, 6.07) is 14.9. The van der Waals surface area contributed by atoms with Gasteiger partial charge in [-0.1, -0.05) is 12.1 Å². The van der Waals surface area contributed by atoms with Crippen molar-refractivity contribution in [2.24, 2.45) is 0 Å². The van der Waals surface area contributed by atoms with Gasteiger partial charge >= 0.3 is 0 Å². The summed E-state index contributed by atoms with van der Waals surface area (Å²) in [6.45, 7) is 4.77. The van der Waals surface area contributed by atoms with Crippen molar-refractivity contribution in [3.05, 3.63) is 89.5 Å². The quantitative estimate of drug-likeness (QED) is 0.498. The van der Waals surface area contributed by atoms with Crippen LogP contribution in [0.3, 0.4) is 0 Å². The van der Waals surface area contributed by atoms with E-state index in [0.29, 0.717) is 18.8 Å². The van der Waals surface area contributed by atoms with E-state index in [2.05, 4.69) is 19.8 Å². The molecule has 1 aliphatic rings. The number of benzene rings is 3. The highest BCUT2D eigenvalue weighted by atomic mass is 32.2. The van der Waals surface area contributed by atoms with Crippen molar-refractivity contribution >= 4 is 27.3 Å². The molecule has 0 spiro atoms. The number of hydrogen-bond acceptors (Lipinski definition) is 5. The molecule has 7 nitrogen and oxygen atoms in total. The molecular weight excluding hydrogens is 486 g/mol. The summed E-state index contributed by atoms with van der Waals surface area (Å²) in [5.74, 6) is -1.31. The summed E-state index contributed by atoms with van der Waals surface area (Å²) in [7, 11) is -2.02. The Balaban J connectivity index is 1.63. The van der Waals surface area contributed by atoms with Crippen LogP contribution in [0, 0.1) is 11.6 Å². The second kappa shape index (κ2) is 10.6. The molecule has 2 N–H and O–H groups in total. The third-order valence-corrected chi connectivity index (χ3v) is 7.57. The van der Waals surface area contributed by atoms with Crippen LogP contribution in [0.5, 0.6) is 0 Å². The van der Waals surface area contributed by atoms with Gasteiger partial charge in [0, 0.05) is 31.7 Å². The van der Waals surface area contributed by atoms with Gasteiger partial charge < -0.3 is 15.1 Å². The number of nitrogens with zero attached hydrogens (tertiary/aromatic N) is 2. The van der Waals surface area contributed by atoms with Crippen molar-refractivity contribution in [3.8, 4) is 0 Å². The van der Waals surface area contributed by atoms with Crippen LogP contribution in [0.25, 0.3) is 0 Å². The fourth-order valence-corrected chi connectivity index (χ4v) is 5.08. The van der Waals surface area contributed by atoms with E-state index in [-0.39, 0.29) is 22.0 Å². The van der Waals surface area contributed by atoms with Crippen LogP contribution in [-0.4, -0.2) is 52.5 Å². The molecule has 0 aliphatic carbocycles. The first-order valence-electron chi connectivity index (χ1n) is 11.5. The van der Waals surface area contributed by atoms with Gasteiger partial charge in [0.2, 0.25) is 0 Å². The van der Waals surface area contributed by atoms with Gasteiger partial charge in [0.15, 0.2) is 0 Å². The monoisotopic (exact) mass is 514 g/mol. The molecule has 1 atom stereocenters. The Morgan fingerprint density at radius 2 is 1.47 bits per heavy atom. The molecule has 1 unspecified atom stereocenters. The maximum Gasteiger partial charge on any atom is 0.261 e. The molecule has 3 aromatic carbocycles. The molecule has 1 fully saturated rings. The zero-order valence-electron chi connectivity index (χ0n) is 20.0. The van der Waals surface area contributed by atoms with E-state index in [4.69, 9.17) is 0 Å². The minimum atomic E-state index is -4.04. The average molecular weight is 515 g/mol. The zero-order chi connectivity index (χ0) is 25.9. The van der Waals surface area contributed by atoms with Crippen molar-refractivity contribution in [3.63, 3.8) is 0 Å². The maximum absolute atomic E-state index is 13.3. The Bertz CT molecular complexity index is 1320. The van der Waals surface area contributed by atoms with Crippen molar-refractivity contribution < 1.29 is 22.0 Å². The maximum atomic E-state index is 13.3. The number of anilines is 2. The van der Waals surface area contributed by atoms with E-state index in [0.717, 1.165) is 30.8 Å².